The van der Waals surface area contributed by atoms with E-state index in [1.54, 1.807) is 0 Å². The van der Waals surface area contributed by atoms with Crippen LogP contribution in [0.25, 0.3) is 0 Å². The van der Waals surface area contributed by atoms with E-state index in [4.69, 9.17) is 5.73 Å². The lowest BCUT2D eigenvalue weighted by atomic mass is 9.74. The molecule has 0 amide bonds. The Bertz CT molecular complexity index is 496. The minimum atomic E-state index is 0.423. The Hall–Kier alpha value is -1.30. The molecule has 0 radical (unpaired) electrons. The van der Waals surface area contributed by atoms with Gasteiger partial charge in [0, 0.05) is 12.1 Å². The lowest BCUT2D eigenvalue weighted by Crippen LogP contribution is -2.39. The Kier molecular flexibility index (Phi) is 5.85. The van der Waals surface area contributed by atoms with Crippen LogP contribution in [0.5, 0.6) is 0 Å². The Balaban J connectivity index is 1.94. The summed E-state index contributed by atoms with van der Waals surface area (Å²) < 4.78 is 0. The maximum absolute atomic E-state index is 5.43. The van der Waals surface area contributed by atoms with Crippen molar-refractivity contribution < 1.29 is 0 Å². The van der Waals surface area contributed by atoms with E-state index >= 15 is 0 Å². The lowest BCUT2D eigenvalue weighted by Gasteiger charge is -2.41. The van der Waals surface area contributed by atoms with Crippen LogP contribution in [0.3, 0.4) is 0 Å². The summed E-state index contributed by atoms with van der Waals surface area (Å²) in [7, 11) is 0. The van der Waals surface area contributed by atoms with Crippen molar-refractivity contribution in [3.05, 3.63) is 35.4 Å². The van der Waals surface area contributed by atoms with E-state index in [2.05, 4.69) is 54.9 Å². The van der Waals surface area contributed by atoms with Gasteiger partial charge in [0.25, 0.3) is 0 Å². The van der Waals surface area contributed by atoms with Gasteiger partial charge in [0.2, 0.25) is 0 Å². The zero-order chi connectivity index (χ0) is 15.1. The number of benzene rings is 1. The van der Waals surface area contributed by atoms with Crippen molar-refractivity contribution in [3.8, 4) is 11.8 Å². The number of piperidine rings is 1. The van der Waals surface area contributed by atoms with E-state index in [1.807, 2.05) is 0 Å². The monoisotopic (exact) mass is 284 g/mol. The molecule has 0 bridgehead atoms. The number of hydrogen-bond donors (Lipinski definition) is 1. The molecule has 0 aromatic heterocycles. The molecule has 2 heteroatoms. The van der Waals surface area contributed by atoms with Crippen LogP contribution in [0.1, 0.15) is 50.7 Å². The van der Waals surface area contributed by atoms with Crippen LogP contribution in [-0.2, 0) is 6.54 Å². The summed E-state index contributed by atoms with van der Waals surface area (Å²) >= 11 is 0. The highest BCUT2D eigenvalue weighted by Gasteiger charge is 2.30. The highest BCUT2D eigenvalue weighted by atomic mass is 15.1. The predicted octanol–water partition coefficient (Wildman–Crippen LogP) is 3.40. The van der Waals surface area contributed by atoms with Crippen LogP contribution in [-0.4, -0.2) is 24.5 Å². The van der Waals surface area contributed by atoms with Crippen molar-refractivity contribution in [2.24, 2.45) is 11.1 Å². The topological polar surface area (TPSA) is 29.3 Å². The molecule has 1 aliphatic heterocycles. The molecule has 21 heavy (non-hydrogen) atoms. The summed E-state index contributed by atoms with van der Waals surface area (Å²) in [6.45, 7) is 8.60. The molecule has 0 unspecified atom stereocenters. The fraction of sp³-hybridized carbons (Fsp3) is 0.579. The fourth-order valence-corrected chi connectivity index (χ4v) is 3.30. The molecule has 1 fully saturated rings. The first-order valence-electron chi connectivity index (χ1n) is 8.21. The Labute approximate surface area is 129 Å². The van der Waals surface area contributed by atoms with Gasteiger partial charge in [-0.3, -0.25) is 4.90 Å². The average molecular weight is 284 g/mol. The number of rotatable bonds is 4. The molecule has 0 spiro atoms. The van der Waals surface area contributed by atoms with E-state index in [0.29, 0.717) is 12.0 Å². The second-order valence-corrected chi connectivity index (χ2v) is 6.19. The second kappa shape index (κ2) is 7.64. The van der Waals surface area contributed by atoms with Crippen molar-refractivity contribution in [2.75, 3.05) is 19.6 Å². The molecule has 0 aliphatic carbocycles. The minimum Gasteiger partial charge on any atom is -0.320 e. The first-order valence-corrected chi connectivity index (χ1v) is 8.21. The summed E-state index contributed by atoms with van der Waals surface area (Å²) in [6.07, 6.45) is 5.32. The second-order valence-electron chi connectivity index (χ2n) is 6.19. The molecule has 0 saturated carbocycles. The van der Waals surface area contributed by atoms with Crippen molar-refractivity contribution in [2.45, 2.75) is 46.1 Å². The van der Waals surface area contributed by atoms with Crippen molar-refractivity contribution >= 4 is 0 Å². The zero-order valence-electron chi connectivity index (χ0n) is 13.5. The SMILES string of the molecule is CCC1(CC)CCN(Cc2cccc(C#CCN)c2)CC1. The number of nitrogens with zero attached hydrogens (tertiary/aromatic N) is 1. The minimum absolute atomic E-state index is 0.423. The summed E-state index contributed by atoms with van der Waals surface area (Å²) in [6, 6.07) is 8.56. The third-order valence-electron chi connectivity index (χ3n) is 5.08. The van der Waals surface area contributed by atoms with Gasteiger partial charge in [0.15, 0.2) is 0 Å². The number of likely N-dealkylation sites (tertiary alicyclic amines) is 1. The van der Waals surface area contributed by atoms with Gasteiger partial charge in [0.1, 0.15) is 0 Å². The quantitative estimate of drug-likeness (QED) is 0.859. The van der Waals surface area contributed by atoms with Gasteiger partial charge < -0.3 is 5.73 Å². The summed E-state index contributed by atoms with van der Waals surface area (Å²) in [5, 5.41) is 0. The van der Waals surface area contributed by atoms with E-state index < -0.39 is 0 Å². The highest BCUT2D eigenvalue weighted by molar-refractivity contribution is 5.37. The molecule has 2 N–H and O–H groups in total. The first kappa shape index (κ1) is 16.1. The third kappa shape index (κ3) is 4.33. The summed E-state index contributed by atoms with van der Waals surface area (Å²) in [4.78, 5) is 2.58. The van der Waals surface area contributed by atoms with Crippen LogP contribution >= 0.6 is 0 Å². The molecule has 114 valence electrons. The van der Waals surface area contributed by atoms with Crippen LogP contribution in [0.4, 0.5) is 0 Å². The van der Waals surface area contributed by atoms with E-state index in [9.17, 15) is 0 Å². The molecule has 1 aromatic carbocycles. The van der Waals surface area contributed by atoms with Gasteiger partial charge in [-0.25, -0.2) is 0 Å². The van der Waals surface area contributed by atoms with E-state index in [-0.39, 0.29) is 0 Å². The van der Waals surface area contributed by atoms with Crippen LogP contribution < -0.4 is 5.73 Å². The van der Waals surface area contributed by atoms with Crippen molar-refractivity contribution in [1.82, 2.24) is 4.90 Å². The number of nitrogens with two attached hydrogens (primary N) is 1. The van der Waals surface area contributed by atoms with E-state index in [0.717, 1.165) is 12.1 Å². The van der Waals surface area contributed by atoms with Crippen LogP contribution in [0.2, 0.25) is 0 Å². The fourth-order valence-electron chi connectivity index (χ4n) is 3.30. The summed E-state index contributed by atoms with van der Waals surface area (Å²) in [5.41, 5.74) is 8.47. The maximum Gasteiger partial charge on any atom is 0.0555 e. The van der Waals surface area contributed by atoms with Crippen molar-refractivity contribution in [1.29, 1.82) is 0 Å². The maximum atomic E-state index is 5.43. The molecule has 1 saturated heterocycles. The smallest absolute Gasteiger partial charge is 0.0555 e. The van der Waals surface area contributed by atoms with Crippen LogP contribution in [0, 0.1) is 17.3 Å². The predicted molar refractivity (Wildman–Crippen MR) is 89.9 cm³/mol. The molecule has 1 aromatic rings. The van der Waals surface area contributed by atoms with E-state index in [1.165, 1.54) is 44.3 Å². The van der Waals surface area contributed by atoms with Crippen molar-refractivity contribution in [3.63, 3.8) is 0 Å². The molecule has 2 rings (SSSR count). The number of hydrogen-bond acceptors (Lipinski definition) is 2. The van der Waals surface area contributed by atoms with Gasteiger partial charge in [-0.05, 0) is 49.0 Å². The first-order chi connectivity index (χ1) is 10.2. The third-order valence-corrected chi connectivity index (χ3v) is 5.08. The Morgan fingerprint density at radius 1 is 1.19 bits per heavy atom. The highest BCUT2D eigenvalue weighted by Crippen LogP contribution is 2.38. The average Bonchev–Trinajstić information content (AvgIpc) is 2.54. The Morgan fingerprint density at radius 2 is 1.90 bits per heavy atom. The van der Waals surface area contributed by atoms with Gasteiger partial charge in [-0.15, -0.1) is 0 Å². The zero-order valence-corrected chi connectivity index (χ0v) is 13.5. The van der Waals surface area contributed by atoms with Gasteiger partial charge >= 0.3 is 0 Å². The largest absolute Gasteiger partial charge is 0.320 e. The molecule has 1 heterocycles. The normalized spacial score (nSPS) is 18.0. The van der Waals surface area contributed by atoms with Gasteiger partial charge in [0.05, 0.1) is 6.54 Å². The van der Waals surface area contributed by atoms with Crippen LogP contribution in [0.15, 0.2) is 24.3 Å². The summed E-state index contributed by atoms with van der Waals surface area (Å²) in [5.74, 6) is 6.05. The standard InChI is InChI=1S/C19H28N2/c1-3-19(4-2)10-13-21(14-11-19)16-18-8-5-7-17(15-18)9-6-12-20/h5,7-8,15H,3-4,10-14,16,20H2,1-2H3. The molecule has 0 atom stereocenters. The lowest BCUT2D eigenvalue weighted by molar-refractivity contribution is 0.0909. The molecule has 1 aliphatic rings. The van der Waals surface area contributed by atoms with Gasteiger partial charge in [-0.1, -0.05) is 50.7 Å². The van der Waals surface area contributed by atoms with Gasteiger partial charge in [-0.2, -0.15) is 0 Å². The molecular formula is C19H28N2. The molecular weight excluding hydrogens is 256 g/mol. The Morgan fingerprint density at radius 3 is 2.52 bits per heavy atom. The molecule has 2 nitrogen and oxygen atoms in total.